The van der Waals surface area contributed by atoms with E-state index in [0.29, 0.717) is 5.00 Å². The molecule has 2 rings (SSSR count). The van der Waals surface area contributed by atoms with E-state index in [1.165, 1.54) is 31.6 Å². The molecule has 1 N–H and O–H groups in total. The average molecular weight is 337 g/mol. The molecule has 1 amide bonds. The Morgan fingerprint density at radius 2 is 2.04 bits per heavy atom. The molecule has 0 aliphatic carbocycles. The quantitative estimate of drug-likeness (QED) is 0.805. The van der Waals surface area contributed by atoms with Crippen LogP contribution in [0.25, 0.3) is 0 Å². The lowest BCUT2D eigenvalue weighted by molar-refractivity contribution is 0.0528. The summed E-state index contributed by atoms with van der Waals surface area (Å²) < 4.78 is 14.9. The van der Waals surface area contributed by atoms with Crippen molar-refractivity contribution in [2.24, 2.45) is 0 Å². The zero-order valence-electron chi connectivity index (χ0n) is 12.8. The molecule has 0 bridgehead atoms. The van der Waals surface area contributed by atoms with Gasteiger partial charge in [-0.25, -0.2) is 4.79 Å². The maximum Gasteiger partial charge on any atom is 0.341 e. The number of ether oxygens (including phenoxy) is 3. The van der Waals surface area contributed by atoms with E-state index in [1.54, 1.807) is 18.4 Å². The van der Waals surface area contributed by atoms with Gasteiger partial charge in [-0.15, -0.1) is 11.3 Å². The number of carbonyl (C=O) groups excluding carboxylic acids is 2. The Morgan fingerprint density at radius 3 is 2.70 bits per heavy atom. The van der Waals surface area contributed by atoms with Gasteiger partial charge in [0, 0.05) is 6.07 Å². The number of aromatic nitrogens is 2. The van der Waals surface area contributed by atoms with E-state index in [9.17, 15) is 9.59 Å². The Kier molecular flexibility index (Phi) is 5.47. The van der Waals surface area contributed by atoms with Crippen molar-refractivity contribution in [2.45, 2.75) is 6.92 Å². The molecule has 0 aliphatic rings. The van der Waals surface area contributed by atoms with Crippen molar-refractivity contribution in [3.05, 3.63) is 28.8 Å². The summed E-state index contributed by atoms with van der Waals surface area (Å²) in [5.74, 6) is -0.822. The third-order valence-electron chi connectivity index (χ3n) is 2.69. The third-order valence-corrected chi connectivity index (χ3v) is 3.52. The minimum Gasteiger partial charge on any atom is -0.481 e. The van der Waals surface area contributed by atoms with Crippen LogP contribution in [0.3, 0.4) is 0 Å². The molecule has 122 valence electrons. The number of rotatable bonds is 6. The fourth-order valence-corrected chi connectivity index (χ4v) is 2.43. The van der Waals surface area contributed by atoms with Gasteiger partial charge in [0.1, 0.15) is 10.7 Å². The molecule has 0 atom stereocenters. The molecule has 8 nitrogen and oxygen atoms in total. The van der Waals surface area contributed by atoms with Crippen LogP contribution in [0.15, 0.2) is 17.5 Å². The highest BCUT2D eigenvalue weighted by Gasteiger charge is 2.19. The van der Waals surface area contributed by atoms with E-state index < -0.39 is 11.9 Å². The normalized spacial score (nSPS) is 10.0. The van der Waals surface area contributed by atoms with Gasteiger partial charge < -0.3 is 19.5 Å². The van der Waals surface area contributed by atoms with Crippen LogP contribution in [0.2, 0.25) is 0 Å². The predicted octanol–water partition coefficient (Wildman–Crippen LogP) is 1.98. The number of nitrogens with zero attached hydrogens (tertiary/aromatic N) is 2. The summed E-state index contributed by atoms with van der Waals surface area (Å²) in [6, 6.07) is 2.96. The monoisotopic (exact) mass is 337 g/mol. The summed E-state index contributed by atoms with van der Waals surface area (Å²) in [5.41, 5.74) is 0.343. The maximum absolute atomic E-state index is 12.3. The molecule has 2 aromatic heterocycles. The number of anilines is 1. The number of esters is 1. The highest BCUT2D eigenvalue weighted by atomic mass is 32.1. The number of carbonyl (C=O) groups is 2. The molecule has 9 heteroatoms. The topological polar surface area (TPSA) is 99.6 Å². The molecule has 23 heavy (non-hydrogen) atoms. The van der Waals surface area contributed by atoms with Crippen LogP contribution in [0, 0.1) is 0 Å². The fourth-order valence-electron chi connectivity index (χ4n) is 1.66. The predicted molar refractivity (Wildman–Crippen MR) is 83.4 cm³/mol. The van der Waals surface area contributed by atoms with Crippen molar-refractivity contribution in [3.8, 4) is 11.9 Å². The van der Waals surface area contributed by atoms with E-state index in [2.05, 4.69) is 15.3 Å². The molecule has 0 spiro atoms. The maximum atomic E-state index is 12.3. The van der Waals surface area contributed by atoms with Crippen molar-refractivity contribution < 1.29 is 23.8 Å². The Balaban J connectivity index is 2.23. The van der Waals surface area contributed by atoms with Crippen molar-refractivity contribution in [2.75, 3.05) is 26.1 Å². The first-order valence-corrected chi connectivity index (χ1v) is 7.50. The lowest BCUT2D eigenvalue weighted by Gasteiger charge is -2.07. The first-order chi connectivity index (χ1) is 11.1. The van der Waals surface area contributed by atoms with E-state index in [-0.39, 0.29) is 29.8 Å². The average Bonchev–Trinajstić information content (AvgIpc) is 3.02. The zero-order valence-corrected chi connectivity index (χ0v) is 13.6. The molecule has 0 radical (unpaired) electrons. The molecular weight excluding hydrogens is 322 g/mol. The SMILES string of the molecule is CCOC(=O)c1ccsc1NC(=O)c1cc(OC)nc(OC)n1. The molecular formula is C14H15N3O5S. The van der Waals surface area contributed by atoms with Gasteiger partial charge in [0.15, 0.2) is 0 Å². The van der Waals surface area contributed by atoms with Crippen LogP contribution < -0.4 is 14.8 Å². The van der Waals surface area contributed by atoms with Gasteiger partial charge in [-0.2, -0.15) is 9.97 Å². The Hall–Kier alpha value is -2.68. The van der Waals surface area contributed by atoms with Crippen LogP contribution in [0.1, 0.15) is 27.8 Å². The Bertz CT molecular complexity index is 694. The van der Waals surface area contributed by atoms with E-state index in [4.69, 9.17) is 14.2 Å². The number of amides is 1. The van der Waals surface area contributed by atoms with Crippen molar-refractivity contribution >= 4 is 28.2 Å². The second-order valence-electron chi connectivity index (χ2n) is 4.12. The summed E-state index contributed by atoms with van der Waals surface area (Å²) in [6.45, 7) is 1.96. The largest absolute Gasteiger partial charge is 0.481 e. The number of nitrogens with one attached hydrogen (secondary N) is 1. The number of hydrogen-bond acceptors (Lipinski definition) is 8. The van der Waals surface area contributed by atoms with Crippen LogP contribution in [0.5, 0.6) is 11.9 Å². The van der Waals surface area contributed by atoms with Crippen LogP contribution in [0.4, 0.5) is 5.00 Å². The van der Waals surface area contributed by atoms with Crippen molar-refractivity contribution in [1.29, 1.82) is 0 Å². The molecule has 2 aromatic rings. The van der Waals surface area contributed by atoms with Gasteiger partial charge >= 0.3 is 12.0 Å². The van der Waals surface area contributed by atoms with E-state index in [1.807, 2.05) is 0 Å². The molecule has 0 saturated heterocycles. The van der Waals surface area contributed by atoms with Crippen LogP contribution in [-0.2, 0) is 4.74 Å². The number of hydrogen-bond donors (Lipinski definition) is 1. The molecule has 0 unspecified atom stereocenters. The third kappa shape index (κ3) is 3.95. The Morgan fingerprint density at radius 1 is 1.26 bits per heavy atom. The minimum absolute atomic E-state index is 0.00583. The van der Waals surface area contributed by atoms with Crippen molar-refractivity contribution in [3.63, 3.8) is 0 Å². The van der Waals surface area contributed by atoms with Gasteiger partial charge in [0.2, 0.25) is 5.88 Å². The molecule has 0 aromatic carbocycles. The lowest BCUT2D eigenvalue weighted by Crippen LogP contribution is -2.16. The molecule has 2 heterocycles. The second kappa shape index (κ2) is 7.54. The fraction of sp³-hybridized carbons (Fsp3) is 0.286. The molecule has 0 fully saturated rings. The molecule has 0 saturated carbocycles. The van der Waals surface area contributed by atoms with Gasteiger partial charge in [-0.05, 0) is 18.4 Å². The first kappa shape index (κ1) is 16.7. The van der Waals surface area contributed by atoms with Crippen LogP contribution in [-0.4, -0.2) is 42.7 Å². The number of thiophene rings is 1. The smallest absolute Gasteiger partial charge is 0.341 e. The summed E-state index contributed by atoms with van der Waals surface area (Å²) in [7, 11) is 2.80. The first-order valence-electron chi connectivity index (χ1n) is 6.62. The van der Waals surface area contributed by atoms with Crippen molar-refractivity contribution in [1.82, 2.24) is 9.97 Å². The summed E-state index contributed by atoms with van der Waals surface area (Å²) in [5, 5.41) is 4.69. The zero-order chi connectivity index (χ0) is 16.8. The number of methoxy groups -OCH3 is 2. The van der Waals surface area contributed by atoms with Gasteiger partial charge in [-0.1, -0.05) is 0 Å². The van der Waals surface area contributed by atoms with Gasteiger partial charge in [0.05, 0.1) is 26.4 Å². The lowest BCUT2D eigenvalue weighted by atomic mass is 10.3. The second-order valence-corrected chi connectivity index (χ2v) is 5.04. The standard InChI is InChI=1S/C14H15N3O5S/c1-4-22-13(19)8-5-6-23-12(8)17-11(18)9-7-10(20-2)16-14(15-9)21-3/h5-7H,4H2,1-3H3,(H,17,18). The Labute approximate surface area is 136 Å². The van der Waals surface area contributed by atoms with E-state index in [0.717, 1.165) is 0 Å². The molecule has 0 aliphatic heterocycles. The highest BCUT2D eigenvalue weighted by Crippen LogP contribution is 2.25. The van der Waals surface area contributed by atoms with Gasteiger partial charge in [0.25, 0.3) is 5.91 Å². The van der Waals surface area contributed by atoms with E-state index >= 15 is 0 Å². The summed E-state index contributed by atoms with van der Waals surface area (Å²) in [6.07, 6.45) is 0. The van der Waals surface area contributed by atoms with Crippen LogP contribution >= 0.6 is 11.3 Å². The summed E-state index contributed by atoms with van der Waals surface area (Å²) >= 11 is 1.21. The van der Waals surface area contributed by atoms with Gasteiger partial charge in [-0.3, -0.25) is 4.79 Å². The minimum atomic E-state index is -0.517. The highest BCUT2D eigenvalue weighted by molar-refractivity contribution is 7.14. The summed E-state index contributed by atoms with van der Waals surface area (Å²) in [4.78, 5) is 32.0.